The third-order valence-electron chi connectivity index (χ3n) is 6.55. The number of hydrogen-bond acceptors (Lipinski definition) is 3. The lowest BCUT2D eigenvalue weighted by molar-refractivity contribution is 0.104. The second-order valence-electron chi connectivity index (χ2n) is 8.84. The fraction of sp³-hybridized carbons (Fsp3) is 0.250. The Labute approximate surface area is 211 Å². The Morgan fingerprint density at radius 2 is 1.35 bits per heavy atom. The first-order valence-electron chi connectivity index (χ1n) is 11.6. The average Bonchev–Trinajstić information content (AvgIpc) is 3.23. The molecule has 0 saturated carbocycles. The van der Waals surface area contributed by atoms with Crippen LogP contribution < -0.4 is 0 Å². The molecule has 0 bridgehead atoms. The van der Waals surface area contributed by atoms with Gasteiger partial charge in [-0.2, -0.15) is 0 Å². The number of aryl methyl sites for hydroxylation is 1. The molecule has 2 heterocycles. The maximum Gasteiger partial charge on any atom is 0.137 e. The summed E-state index contributed by atoms with van der Waals surface area (Å²) in [7, 11) is 0. The molecule has 6 heteroatoms. The van der Waals surface area contributed by atoms with Crippen molar-refractivity contribution in [2.45, 2.75) is 19.5 Å². The summed E-state index contributed by atoms with van der Waals surface area (Å²) >= 11 is 12.3. The summed E-state index contributed by atoms with van der Waals surface area (Å²) in [5, 5.41) is 1.51. The predicted molar refractivity (Wildman–Crippen MR) is 140 cm³/mol. The summed E-state index contributed by atoms with van der Waals surface area (Å²) in [6, 6.07) is 26.9. The highest BCUT2D eigenvalue weighted by atomic mass is 35.5. The molecule has 0 amide bonds. The van der Waals surface area contributed by atoms with E-state index >= 15 is 0 Å². The second kappa shape index (κ2) is 10.3. The number of hydrogen-bond donors (Lipinski definition) is 1. The molecule has 0 aliphatic carbocycles. The Hall–Kier alpha value is -2.63. The largest absolute Gasteiger partial charge is 0.342 e. The Morgan fingerprint density at radius 3 is 1.91 bits per heavy atom. The van der Waals surface area contributed by atoms with Crippen LogP contribution in [0.4, 0.5) is 0 Å². The standard InChI is InChI=1S/C28H28Cl2N4/c1-20-26(32-28(31-20)23-5-3-2-4-6-23)19-33-15-17-34(18-16-33)27(21-7-11-24(29)12-8-21)22-9-13-25(30)14-10-22/h2-14,27H,15-19H2,1H3,(H,31,32). The summed E-state index contributed by atoms with van der Waals surface area (Å²) in [6.45, 7) is 6.91. The van der Waals surface area contributed by atoms with Gasteiger partial charge in [-0.05, 0) is 42.3 Å². The smallest absolute Gasteiger partial charge is 0.137 e. The van der Waals surface area contributed by atoms with E-state index in [-0.39, 0.29) is 6.04 Å². The van der Waals surface area contributed by atoms with Gasteiger partial charge < -0.3 is 4.98 Å². The van der Waals surface area contributed by atoms with E-state index in [9.17, 15) is 0 Å². The lowest BCUT2D eigenvalue weighted by atomic mass is 9.96. The van der Waals surface area contributed by atoms with Gasteiger partial charge in [-0.1, -0.05) is 77.8 Å². The normalized spacial score (nSPS) is 15.2. The van der Waals surface area contributed by atoms with E-state index in [1.165, 1.54) is 11.1 Å². The van der Waals surface area contributed by atoms with E-state index in [1.54, 1.807) is 0 Å². The van der Waals surface area contributed by atoms with Crippen LogP contribution in [-0.4, -0.2) is 45.9 Å². The molecule has 1 aliphatic heterocycles. The molecular weight excluding hydrogens is 463 g/mol. The van der Waals surface area contributed by atoms with E-state index in [1.807, 2.05) is 42.5 Å². The third-order valence-corrected chi connectivity index (χ3v) is 7.05. The summed E-state index contributed by atoms with van der Waals surface area (Å²) < 4.78 is 0. The predicted octanol–water partition coefficient (Wildman–Crippen LogP) is 6.60. The zero-order valence-corrected chi connectivity index (χ0v) is 20.7. The number of H-pyrrole nitrogens is 1. The van der Waals surface area contributed by atoms with Crippen molar-refractivity contribution in [3.8, 4) is 11.4 Å². The van der Waals surface area contributed by atoms with Gasteiger partial charge in [0.25, 0.3) is 0 Å². The highest BCUT2D eigenvalue weighted by molar-refractivity contribution is 6.30. The van der Waals surface area contributed by atoms with E-state index in [4.69, 9.17) is 28.2 Å². The molecular formula is C28H28Cl2N4. The van der Waals surface area contributed by atoms with Gasteiger partial charge in [-0.25, -0.2) is 4.98 Å². The molecule has 1 N–H and O–H groups in total. The van der Waals surface area contributed by atoms with Crippen LogP contribution in [0, 0.1) is 6.92 Å². The van der Waals surface area contributed by atoms with Crippen LogP contribution in [0.1, 0.15) is 28.6 Å². The van der Waals surface area contributed by atoms with Gasteiger partial charge in [0.1, 0.15) is 5.82 Å². The Bertz CT molecular complexity index is 1170. The summed E-state index contributed by atoms with van der Waals surface area (Å²) in [6.07, 6.45) is 0. The molecule has 1 aliphatic rings. The van der Waals surface area contributed by atoms with Crippen LogP contribution >= 0.6 is 23.2 Å². The van der Waals surface area contributed by atoms with Gasteiger partial charge in [-0.15, -0.1) is 0 Å². The quantitative estimate of drug-likeness (QED) is 0.330. The number of benzene rings is 3. The maximum absolute atomic E-state index is 6.17. The number of nitrogens with zero attached hydrogens (tertiary/aromatic N) is 3. The Balaban J connectivity index is 1.29. The number of aromatic amines is 1. The van der Waals surface area contributed by atoms with Crippen LogP contribution in [0.5, 0.6) is 0 Å². The Kier molecular flexibility index (Phi) is 7.02. The van der Waals surface area contributed by atoms with Crippen LogP contribution in [0.3, 0.4) is 0 Å². The number of nitrogens with one attached hydrogen (secondary N) is 1. The highest BCUT2D eigenvalue weighted by Crippen LogP contribution is 2.31. The highest BCUT2D eigenvalue weighted by Gasteiger charge is 2.27. The number of aromatic nitrogens is 2. The van der Waals surface area contributed by atoms with Crippen molar-refractivity contribution in [2.24, 2.45) is 0 Å². The zero-order chi connectivity index (χ0) is 23.5. The SMILES string of the molecule is Cc1[nH]c(-c2ccccc2)nc1CN1CCN(C(c2ccc(Cl)cc2)c2ccc(Cl)cc2)CC1. The number of halogens is 2. The minimum absolute atomic E-state index is 0.175. The van der Waals surface area contributed by atoms with Crippen LogP contribution in [0.25, 0.3) is 11.4 Å². The molecule has 34 heavy (non-hydrogen) atoms. The number of piperazine rings is 1. The van der Waals surface area contributed by atoms with Gasteiger partial charge in [0, 0.05) is 54.0 Å². The molecule has 0 radical (unpaired) electrons. The zero-order valence-electron chi connectivity index (χ0n) is 19.2. The van der Waals surface area contributed by atoms with Gasteiger partial charge in [0.15, 0.2) is 0 Å². The van der Waals surface area contributed by atoms with Gasteiger partial charge in [0.05, 0.1) is 11.7 Å². The lowest BCUT2D eigenvalue weighted by Gasteiger charge is -2.39. The second-order valence-corrected chi connectivity index (χ2v) is 9.71. The summed E-state index contributed by atoms with van der Waals surface area (Å²) in [5.74, 6) is 0.942. The minimum atomic E-state index is 0.175. The summed E-state index contributed by atoms with van der Waals surface area (Å²) in [5.41, 5.74) is 5.88. The van der Waals surface area contributed by atoms with Crippen molar-refractivity contribution in [3.05, 3.63) is 111 Å². The molecule has 1 saturated heterocycles. The van der Waals surface area contributed by atoms with Crippen molar-refractivity contribution in [2.75, 3.05) is 26.2 Å². The summed E-state index contributed by atoms with van der Waals surface area (Å²) in [4.78, 5) is 13.4. The molecule has 0 spiro atoms. The molecule has 174 valence electrons. The first-order valence-corrected chi connectivity index (χ1v) is 12.4. The molecule has 1 aromatic heterocycles. The molecule has 5 rings (SSSR count). The van der Waals surface area contributed by atoms with Gasteiger partial charge >= 0.3 is 0 Å². The van der Waals surface area contributed by atoms with Crippen LogP contribution in [0.15, 0.2) is 78.9 Å². The third kappa shape index (κ3) is 5.21. The first-order chi connectivity index (χ1) is 16.6. The van der Waals surface area contributed by atoms with Crippen LogP contribution in [0.2, 0.25) is 10.0 Å². The maximum atomic E-state index is 6.17. The molecule has 0 atom stereocenters. The van der Waals surface area contributed by atoms with Crippen molar-refractivity contribution < 1.29 is 0 Å². The topological polar surface area (TPSA) is 35.2 Å². The average molecular weight is 491 g/mol. The lowest BCUT2D eigenvalue weighted by Crippen LogP contribution is -2.47. The fourth-order valence-corrected chi connectivity index (χ4v) is 4.93. The van der Waals surface area contributed by atoms with E-state index < -0.39 is 0 Å². The van der Waals surface area contributed by atoms with Gasteiger partial charge in [0.2, 0.25) is 0 Å². The van der Waals surface area contributed by atoms with Crippen molar-refractivity contribution in [1.29, 1.82) is 0 Å². The molecule has 3 aromatic carbocycles. The van der Waals surface area contributed by atoms with E-state index in [2.05, 4.69) is 58.1 Å². The molecule has 0 unspecified atom stereocenters. The van der Waals surface area contributed by atoms with E-state index in [0.717, 1.165) is 65.5 Å². The number of rotatable bonds is 6. The van der Waals surface area contributed by atoms with Crippen LogP contribution in [-0.2, 0) is 6.54 Å². The fourth-order valence-electron chi connectivity index (χ4n) is 4.68. The monoisotopic (exact) mass is 490 g/mol. The molecule has 4 nitrogen and oxygen atoms in total. The van der Waals surface area contributed by atoms with Gasteiger partial charge in [-0.3, -0.25) is 9.80 Å². The van der Waals surface area contributed by atoms with Crippen molar-refractivity contribution in [3.63, 3.8) is 0 Å². The van der Waals surface area contributed by atoms with Crippen molar-refractivity contribution >= 4 is 23.2 Å². The minimum Gasteiger partial charge on any atom is -0.342 e. The molecule has 1 fully saturated rings. The van der Waals surface area contributed by atoms with E-state index in [0.29, 0.717) is 0 Å². The Morgan fingerprint density at radius 1 is 0.794 bits per heavy atom. The number of imidazole rings is 1. The van der Waals surface area contributed by atoms with Crippen molar-refractivity contribution in [1.82, 2.24) is 19.8 Å². The molecule has 4 aromatic rings. The first kappa shape index (κ1) is 23.1.